The van der Waals surface area contributed by atoms with Crippen LogP contribution in [-0.2, 0) is 9.59 Å². The molecule has 6 heteroatoms. The Balaban J connectivity index is 2.50. The molecule has 0 saturated heterocycles. The van der Waals surface area contributed by atoms with Gasteiger partial charge in [-0.1, -0.05) is 44.7 Å². The van der Waals surface area contributed by atoms with Crippen LogP contribution in [0.25, 0.3) is 0 Å². The zero-order chi connectivity index (χ0) is 17.9. The van der Waals surface area contributed by atoms with Crippen LogP contribution in [0.5, 0.6) is 0 Å². The van der Waals surface area contributed by atoms with Crippen molar-refractivity contribution in [3.8, 4) is 0 Å². The lowest BCUT2D eigenvalue weighted by molar-refractivity contribution is -0.141. The third kappa shape index (κ3) is 7.79. The minimum Gasteiger partial charge on any atom is -0.480 e. The summed E-state index contributed by atoms with van der Waals surface area (Å²) in [4.78, 5) is 23.4. The third-order valence-electron chi connectivity index (χ3n) is 4.01. The largest absolute Gasteiger partial charge is 0.480 e. The van der Waals surface area contributed by atoms with Gasteiger partial charge in [0.2, 0.25) is 5.91 Å². The Labute approximate surface area is 148 Å². The number of halogens is 1. The number of rotatable bonds is 11. The number of hydrogen-bond donors (Lipinski definition) is 3. The highest BCUT2D eigenvalue weighted by Gasteiger charge is 2.22. The predicted molar refractivity (Wildman–Crippen MR) is 97.4 cm³/mol. The van der Waals surface area contributed by atoms with E-state index in [2.05, 4.69) is 24.5 Å². The molecule has 3 N–H and O–H groups in total. The fraction of sp³-hybridized carbons (Fsp3) is 0.556. The lowest BCUT2D eigenvalue weighted by atomic mass is 9.99. The zero-order valence-corrected chi connectivity index (χ0v) is 15.1. The van der Waals surface area contributed by atoms with Crippen molar-refractivity contribution in [3.05, 3.63) is 29.3 Å². The van der Waals surface area contributed by atoms with Gasteiger partial charge in [-0.05, 0) is 43.1 Å². The van der Waals surface area contributed by atoms with Crippen molar-refractivity contribution in [2.75, 3.05) is 11.9 Å². The molecule has 0 aromatic heterocycles. The van der Waals surface area contributed by atoms with Gasteiger partial charge in [0, 0.05) is 10.7 Å². The van der Waals surface area contributed by atoms with Gasteiger partial charge in [0.25, 0.3) is 0 Å². The third-order valence-corrected chi connectivity index (χ3v) is 4.26. The number of amides is 1. The molecule has 2 atom stereocenters. The fourth-order valence-electron chi connectivity index (χ4n) is 2.43. The molecular weight excluding hydrogens is 328 g/mol. The number of unbranched alkanes of at least 4 members (excludes halogenated alkanes) is 1. The van der Waals surface area contributed by atoms with Crippen molar-refractivity contribution >= 4 is 29.2 Å². The molecule has 0 saturated carbocycles. The summed E-state index contributed by atoms with van der Waals surface area (Å²) in [6, 6.07) is 5.82. The lowest BCUT2D eigenvalue weighted by Crippen LogP contribution is -2.41. The number of nitrogens with one attached hydrogen (secondary N) is 2. The van der Waals surface area contributed by atoms with Gasteiger partial charge < -0.3 is 15.7 Å². The van der Waals surface area contributed by atoms with Crippen LogP contribution in [0.4, 0.5) is 5.69 Å². The van der Waals surface area contributed by atoms with Gasteiger partial charge in [-0.25, -0.2) is 0 Å². The molecule has 0 unspecified atom stereocenters. The van der Waals surface area contributed by atoms with E-state index in [1.165, 1.54) is 0 Å². The van der Waals surface area contributed by atoms with Crippen LogP contribution in [0.15, 0.2) is 24.3 Å². The molecule has 0 fully saturated rings. The Kier molecular flexibility index (Phi) is 9.42. The standard InChI is InChI=1S/C18H27ClN2O3/c1-3-5-6-13(4-2)12-20-16(18(23)24)11-17(22)21-15-9-7-14(19)8-10-15/h7-10,13,16,20H,3-6,11-12H2,1-2H3,(H,21,22)(H,23,24)/t13-,16+/m0/s1. The maximum absolute atomic E-state index is 12.1. The first-order chi connectivity index (χ1) is 11.5. The Morgan fingerprint density at radius 1 is 1.21 bits per heavy atom. The number of anilines is 1. The first-order valence-electron chi connectivity index (χ1n) is 8.47. The molecule has 0 aliphatic carbocycles. The van der Waals surface area contributed by atoms with Crippen LogP contribution in [0.2, 0.25) is 5.02 Å². The van der Waals surface area contributed by atoms with Crippen LogP contribution < -0.4 is 10.6 Å². The highest BCUT2D eigenvalue weighted by molar-refractivity contribution is 6.30. The second-order valence-corrected chi connectivity index (χ2v) is 6.41. The molecule has 0 radical (unpaired) electrons. The van der Waals surface area contributed by atoms with E-state index in [0.717, 1.165) is 25.7 Å². The van der Waals surface area contributed by atoms with E-state index in [4.69, 9.17) is 11.6 Å². The molecule has 0 heterocycles. The summed E-state index contributed by atoms with van der Waals surface area (Å²) >= 11 is 5.79. The molecule has 24 heavy (non-hydrogen) atoms. The topological polar surface area (TPSA) is 78.4 Å². The van der Waals surface area contributed by atoms with Crippen molar-refractivity contribution in [1.82, 2.24) is 5.32 Å². The van der Waals surface area contributed by atoms with E-state index in [-0.39, 0.29) is 12.3 Å². The van der Waals surface area contributed by atoms with Crippen molar-refractivity contribution < 1.29 is 14.7 Å². The Morgan fingerprint density at radius 2 is 1.88 bits per heavy atom. The number of carbonyl (C=O) groups excluding carboxylic acids is 1. The molecule has 1 aromatic rings. The van der Waals surface area contributed by atoms with Gasteiger partial charge in [-0.15, -0.1) is 0 Å². The van der Waals surface area contributed by atoms with Crippen molar-refractivity contribution in [1.29, 1.82) is 0 Å². The summed E-state index contributed by atoms with van der Waals surface area (Å²) in [7, 11) is 0. The van der Waals surface area contributed by atoms with E-state index in [1.807, 2.05) is 0 Å². The molecule has 1 rings (SSSR count). The normalized spacial score (nSPS) is 13.3. The molecule has 5 nitrogen and oxygen atoms in total. The summed E-state index contributed by atoms with van der Waals surface area (Å²) < 4.78 is 0. The smallest absolute Gasteiger partial charge is 0.321 e. The molecule has 0 bridgehead atoms. The molecular formula is C18H27ClN2O3. The summed E-state index contributed by atoms with van der Waals surface area (Å²) in [5.74, 6) is -0.906. The van der Waals surface area contributed by atoms with E-state index in [9.17, 15) is 14.7 Å². The number of carboxylic acid groups (broad SMARTS) is 1. The van der Waals surface area contributed by atoms with Gasteiger partial charge in [-0.2, -0.15) is 0 Å². The summed E-state index contributed by atoms with van der Waals surface area (Å²) in [5.41, 5.74) is 0.600. The molecule has 1 amide bonds. The van der Waals surface area contributed by atoms with Gasteiger partial charge in [0.1, 0.15) is 6.04 Å². The molecule has 0 spiro atoms. The fourth-order valence-corrected chi connectivity index (χ4v) is 2.56. The van der Waals surface area contributed by atoms with Gasteiger partial charge >= 0.3 is 5.97 Å². The van der Waals surface area contributed by atoms with Gasteiger partial charge in [0.15, 0.2) is 0 Å². The Morgan fingerprint density at radius 3 is 2.42 bits per heavy atom. The monoisotopic (exact) mass is 354 g/mol. The number of carboxylic acids is 1. The maximum atomic E-state index is 12.1. The minimum atomic E-state index is -1.01. The number of benzene rings is 1. The Bertz CT molecular complexity index is 520. The van der Waals surface area contributed by atoms with E-state index in [1.54, 1.807) is 24.3 Å². The van der Waals surface area contributed by atoms with E-state index in [0.29, 0.717) is 23.2 Å². The van der Waals surface area contributed by atoms with Crippen LogP contribution >= 0.6 is 11.6 Å². The summed E-state index contributed by atoms with van der Waals surface area (Å²) in [5, 5.41) is 15.6. The summed E-state index contributed by atoms with van der Waals surface area (Å²) in [6.45, 7) is 4.86. The molecule has 0 aliphatic rings. The summed E-state index contributed by atoms with van der Waals surface area (Å²) in [6.07, 6.45) is 4.22. The van der Waals surface area contributed by atoms with Crippen molar-refractivity contribution in [3.63, 3.8) is 0 Å². The average molecular weight is 355 g/mol. The maximum Gasteiger partial charge on any atom is 0.321 e. The van der Waals surface area contributed by atoms with Crippen LogP contribution in [0, 0.1) is 5.92 Å². The second kappa shape index (κ2) is 11.0. The van der Waals surface area contributed by atoms with Gasteiger partial charge in [0.05, 0.1) is 6.42 Å². The second-order valence-electron chi connectivity index (χ2n) is 5.97. The van der Waals surface area contributed by atoms with Crippen LogP contribution in [0.1, 0.15) is 46.0 Å². The lowest BCUT2D eigenvalue weighted by Gasteiger charge is -2.19. The molecule has 1 aromatic carbocycles. The molecule has 0 aliphatic heterocycles. The zero-order valence-electron chi connectivity index (χ0n) is 14.3. The highest BCUT2D eigenvalue weighted by Crippen LogP contribution is 2.14. The predicted octanol–water partition coefficient (Wildman–Crippen LogP) is 3.93. The van der Waals surface area contributed by atoms with Crippen molar-refractivity contribution in [2.24, 2.45) is 5.92 Å². The molecule has 134 valence electrons. The Hall–Kier alpha value is -1.59. The first-order valence-corrected chi connectivity index (χ1v) is 8.85. The first kappa shape index (κ1) is 20.5. The van der Waals surface area contributed by atoms with E-state index >= 15 is 0 Å². The average Bonchev–Trinajstić information content (AvgIpc) is 2.55. The quantitative estimate of drug-likeness (QED) is 0.562. The number of aliphatic carboxylic acids is 1. The van der Waals surface area contributed by atoms with Crippen molar-refractivity contribution in [2.45, 2.75) is 52.0 Å². The SMILES string of the molecule is CCCC[C@H](CC)CN[C@H](CC(=O)Nc1ccc(Cl)cc1)C(=O)O. The van der Waals surface area contributed by atoms with Gasteiger partial charge in [-0.3, -0.25) is 9.59 Å². The van der Waals surface area contributed by atoms with E-state index < -0.39 is 12.0 Å². The van der Waals surface area contributed by atoms with Crippen LogP contribution in [-0.4, -0.2) is 29.6 Å². The number of hydrogen-bond acceptors (Lipinski definition) is 3. The highest BCUT2D eigenvalue weighted by atomic mass is 35.5. The number of carbonyl (C=O) groups is 2. The van der Waals surface area contributed by atoms with Crippen LogP contribution in [0.3, 0.4) is 0 Å². The minimum absolute atomic E-state index is 0.109.